The molecule has 0 radical (unpaired) electrons. The molecule has 1 fully saturated rings. The van der Waals surface area contributed by atoms with Crippen LogP contribution >= 0.6 is 0 Å². The predicted molar refractivity (Wildman–Crippen MR) is 102 cm³/mol. The summed E-state index contributed by atoms with van der Waals surface area (Å²) < 4.78 is 4.70. The van der Waals surface area contributed by atoms with Crippen molar-refractivity contribution in [1.82, 2.24) is 4.90 Å². The van der Waals surface area contributed by atoms with Crippen LogP contribution in [0.15, 0.2) is 48.5 Å². The summed E-state index contributed by atoms with van der Waals surface area (Å²) in [7, 11) is 1.36. The Morgan fingerprint density at radius 2 is 1.78 bits per heavy atom. The van der Waals surface area contributed by atoms with E-state index in [-0.39, 0.29) is 12.0 Å². The number of nitriles is 1. The van der Waals surface area contributed by atoms with E-state index in [1.54, 1.807) is 41.3 Å². The molecular formula is C20H20N4O3. The van der Waals surface area contributed by atoms with Gasteiger partial charge in [-0.05, 0) is 42.5 Å². The molecule has 0 aliphatic carbocycles. The number of anilines is 2. The molecule has 2 aromatic rings. The van der Waals surface area contributed by atoms with E-state index in [0.717, 1.165) is 5.69 Å². The fourth-order valence-electron chi connectivity index (χ4n) is 2.96. The number of urea groups is 1. The van der Waals surface area contributed by atoms with Gasteiger partial charge in [0.15, 0.2) is 0 Å². The number of carbonyl (C=O) groups is 2. The average molecular weight is 364 g/mol. The van der Waals surface area contributed by atoms with E-state index in [1.165, 1.54) is 7.11 Å². The minimum absolute atomic E-state index is 0.175. The number of amides is 2. The number of nitrogens with zero attached hydrogens (tertiary/aromatic N) is 3. The lowest BCUT2D eigenvalue weighted by Crippen LogP contribution is -2.50. The molecule has 1 heterocycles. The molecule has 0 bridgehead atoms. The Morgan fingerprint density at radius 3 is 2.41 bits per heavy atom. The average Bonchev–Trinajstić information content (AvgIpc) is 2.73. The van der Waals surface area contributed by atoms with Crippen molar-refractivity contribution in [2.75, 3.05) is 43.5 Å². The number of nitrogens with one attached hydrogen (secondary N) is 1. The monoisotopic (exact) mass is 364 g/mol. The SMILES string of the molecule is COC(=O)c1ccc(N2CCN(C(=O)Nc3cccc(C#N)c3)CC2)cc1. The fourth-order valence-corrected chi connectivity index (χ4v) is 2.96. The Labute approximate surface area is 157 Å². The summed E-state index contributed by atoms with van der Waals surface area (Å²) in [4.78, 5) is 27.8. The molecule has 27 heavy (non-hydrogen) atoms. The van der Waals surface area contributed by atoms with Crippen LogP contribution in [0.2, 0.25) is 0 Å². The van der Waals surface area contributed by atoms with Crippen LogP contribution in [0.25, 0.3) is 0 Å². The molecule has 138 valence electrons. The standard InChI is InChI=1S/C20H20N4O3/c1-27-19(25)16-5-7-18(8-6-16)23-9-11-24(12-10-23)20(26)22-17-4-2-3-15(13-17)14-21/h2-8,13H,9-12H2,1H3,(H,22,26). The Morgan fingerprint density at radius 1 is 1.07 bits per heavy atom. The van der Waals surface area contributed by atoms with Crippen LogP contribution in [0.5, 0.6) is 0 Å². The highest BCUT2D eigenvalue weighted by Crippen LogP contribution is 2.18. The maximum Gasteiger partial charge on any atom is 0.337 e. The van der Waals surface area contributed by atoms with Crippen LogP contribution in [-0.2, 0) is 4.74 Å². The van der Waals surface area contributed by atoms with E-state index < -0.39 is 0 Å². The summed E-state index contributed by atoms with van der Waals surface area (Å²) >= 11 is 0. The number of piperazine rings is 1. The van der Waals surface area contributed by atoms with E-state index in [2.05, 4.69) is 16.3 Å². The van der Waals surface area contributed by atoms with Crippen LogP contribution in [0.4, 0.5) is 16.2 Å². The number of methoxy groups -OCH3 is 1. The van der Waals surface area contributed by atoms with E-state index in [0.29, 0.717) is 43.0 Å². The van der Waals surface area contributed by atoms with E-state index >= 15 is 0 Å². The second kappa shape index (κ2) is 8.23. The number of carbonyl (C=O) groups excluding carboxylic acids is 2. The van der Waals surface area contributed by atoms with E-state index in [4.69, 9.17) is 10.00 Å². The topological polar surface area (TPSA) is 85.7 Å². The maximum atomic E-state index is 12.4. The first-order chi connectivity index (χ1) is 13.1. The third-order valence-corrected chi connectivity index (χ3v) is 4.46. The van der Waals surface area contributed by atoms with Crippen molar-refractivity contribution >= 4 is 23.4 Å². The number of esters is 1. The highest BCUT2D eigenvalue weighted by Gasteiger charge is 2.21. The smallest absolute Gasteiger partial charge is 0.337 e. The van der Waals surface area contributed by atoms with Crippen LogP contribution in [-0.4, -0.2) is 50.2 Å². The van der Waals surface area contributed by atoms with Crippen molar-refractivity contribution in [3.8, 4) is 6.07 Å². The fraction of sp³-hybridized carbons (Fsp3) is 0.250. The predicted octanol–water partition coefficient (Wildman–Crippen LogP) is 2.70. The molecule has 7 heteroatoms. The number of ether oxygens (including phenoxy) is 1. The lowest BCUT2D eigenvalue weighted by atomic mass is 10.2. The van der Waals surface area contributed by atoms with Gasteiger partial charge in [-0.3, -0.25) is 0 Å². The van der Waals surface area contributed by atoms with Crippen molar-refractivity contribution in [1.29, 1.82) is 5.26 Å². The van der Waals surface area contributed by atoms with E-state index in [1.807, 2.05) is 12.1 Å². The van der Waals surface area contributed by atoms with Gasteiger partial charge < -0.3 is 19.9 Å². The van der Waals surface area contributed by atoms with Gasteiger partial charge in [0, 0.05) is 37.6 Å². The molecule has 0 atom stereocenters. The Hall–Kier alpha value is -3.53. The van der Waals surface area contributed by atoms with Crippen LogP contribution in [0.1, 0.15) is 15.9 Å². The highest BCUT2D eigenvalue weighted by molar-refractivity contribution is 5.90. The summed E-state index contributed by atoms with van der Waals surface area (Å²) in [5, 5.41) is 11.8. The number of hydrogen-bond donors (Lipinski definition) is 1. The molecule has 0 saturated carbocycles. The number of hydrogen-bond acceptors (Lipinski definition) is 5. The van der Waals surface area contributed by atoms with Gasteiger partial charge in [0.2, 0.25) is 0 Å². The molecule has 1 N–H and O–H groups in total. The lowest BCUT2D eigenvalue weighted by Gasteiger charge is -2.36. The Bertz CT molecular complexity index is 866. The molecule has 0 aromatic heterocycles. The van der Waals surface area contributed by atoms with Gasteiger partial charge in [-0.1, -0.05) is 6.07 Å². The van der Waals surface area contributed by atoms with Crippen LogP contribution in [0.3, 0.4) is 0 Å². The third kappa shape index (κ3) is 4.36. The van der Waals surface area contributed by atoms with Gasteiger partial charge in [0.1, 0.15) is 0 Å². The Kier molecular flexibility index (Phi) is 5.57. The minimum Gasteiger partial charge on any atom is -0.465 e. The Balaban J connectivity index is 1.56. The van der Waals surface area contributed by atoms with Crippen molar-refractivity contribution in [2.45, 2.75) is 0 Å². The van der Waals surface area contributed by atoms with Crippen molar-refractivity contribution in [3.63, 3.8) is 0 Å². The second-order valence-electron chi connectivity index (χ2n) is 6.14. The number of benzene rings is 2. The van der Waals surface area contributed by atoms with E-state index in [9.17, 15) is 9.59 Å². The van der Waals surface area contributed by atoms with Gasteiger partial charge >= 0.3 is 12.0 Å². The molecule has 2 aromatic carbocycles. The maximum absolute atomic E-state index is 12.4. The molecule has 2 amide bonds. The second-order valence-corrected chi connectivity index (χ2v) is 6.14. The van der Waals surface area contributed by atoms with Gasteiger partial charge in [0.25, 0.3) is 0 Å². The zero-order valence-corrected chi connectivity index (χ0v) is 15.0. The number of rotatable bonds is 3. The normalized spacial score (nSPS) is 13.6. The molecule has 3 rings (SSSR count). The van der Waals surface area contributed by atoms with Crippen molar-refractivity contribution in [2.24, 2.45) is 0 Å². The highest BCUT2D eigenvalue weighted by atomic mass is 16.5. The summed E-state index contributed by atoms with van der Waals surface area (Å²) in [6.45, 7) is 2.57. The molecule has 7 nitrogen and oxygen atoms in total. The lowest BCUT2D eigenvalue weighted by molar-refractivity contribution is 0.0600. The van der Waals surface area contributed by atoms with Crippen LogP contribution in [0, 0.1) is 11.3 Å². The first kappa shape index (κ1) is 18.3. The van der Waals surface area contributed by atoms with Gasteiger partial charge in [-0.2, -0.15) is 5.26 Å². The van der Waals surface area contributed by atoms with Crippen LogP contribution < -0.4 is 10.2 Å². The first-order valence-corrected chi connectivity index (χ1v) is 8.60. The molecule has 1 aliphatic heterocycles. The summed E-state index contributed by atoms with van der Waals surface area (Å²) in [6.07, 6.45) is 0. The molecule has 1 aliphatic rings. The molecule has 0 unspecified atom stereocenters. The summed E-state index contributed by atoms with van der Waals surface area (Å²) in [5.41, 5.74) is 2.64. The van der Waals surface area contributed by atoms with Gasteiger partial charge in [-0.25, -0.2) is 9.59 Å². The molecule has 1 saturated heterocycles. The first-order valence-electron chi connectivity index (χ1n) is 8.60. The van der Waals surface area contributed by atoms with Crippen molar-refractivity contribution in [3.05, 3.63) is 59.7 Å². The largest absolute Gasteiger partial charge is 0.465 e. The van der Waals surface area contributed by atoms with Gasteiger partial charge in [0.05, 0.1) is 24.3 Å². The molecular weight excluding hydrogens is 344 g/mol. The van der Waals surface area contributed by atoms with Gasteiger partial charge in [-0.15, -0.1) is 0 Å². The zero-order valence-electron chi connectivity index (χ0n) is 15.0. The quantitative estimate of drug-likeness (QED) is 0.847. The summed E-state index contributed by atoms with van der Waals surface area (Å²) in [5.74, 6) is -0.358. The third-order valence-electron chi connectivity index (χ3n) is 4.46. The summed E-state index contributed by atoms with van der Waals surface area (Å²) in [6, 6.07) is 16.0. The minimum atomic E-state index is -0.358. The molecule has 0 spiro atoms. The van der Waals surface area contributed by atoms with Crippen molar-refractivity contribution < 1.29 is 14.3 Å². The zero-order chi connectivity index (χ0) is 19.2.